The van der Waals surface area contributed by atoms with Crippen molar-refractivity contribution in [3.05, 3.63) is 77.8 Å². The molecule has 0 amide bonds. The predicted octanol–water partition coefficient (Wildman–Crippen LogP) is 4.37. The summed E-state index contributed by atoms with van der Waals surface area (Å²) in [4.78, 5) is 20.3. The minimum Gasteiger partial charge on any atom is -0.458 e. The highest BCUT2D eigenvalue weighted by molar-refractivity contribution is 5.91. The number of nitrogens with one attached hydrogen (secondary N) is 1. The van der Waals surface area contributed by atoms with Crippen LogP contribution >= 0.6 is 0 Å². The number of aromatic amines is 1. The highest BCUT2D eigenvalue weighted by Gasteiger charge is 2.26. The molecule has 1 aromatic carbocycles. The Morgan fingerprint density at radius 3 is 3.00 bits per heavy atom. The lowest BCUT2D eigenvalue weighted by atomic mass is 10.0. The zero-order valence-electron chi connectivity index (χ0n) is 14.0. The summed E-state index contributed by atoms with van der Waals surface area (Å²) in [5, 5.41) is 1.16. The number of hydrogen-bond acceptors (Lipinski definition) is 3. The Kier molecular flexibility index (Phi) is 4.10. The largest absolute Gasteiger partial charge is 0.458 e. The van der Waals surface area contributed by atoms with Gasteiger partial charge < -0.3 is 9.72 Å². The zero-order valence-corrected chi connectivity index (χ0v) is 14.0. The van der Waals surface area contributed by atoms with Crippen molar-refractivity contribution < 1.29 is 9.53 Å². The van der Waals surface area contributed by atoms with Crippen molar-refractivity contribution in [1.29, 1.82) is 0 Å². The molecule has 0 spiro atoms. The quantitative estimate of drug-likeness (QED) is 0.538. The van der Waals surface area contributed by atoms with E-state index in [2.05, 4.69) is 34.7 Å². The van der Waals surface area contributed by atoms with E-state index >= 15 is 0 Å². The van der Waals surface area contributed by atoms with Crippen LogP contribution in [0, 0.1) is 0 Å². The van der Waals surface area contributed by atoms with Gasteiger partial charge in [0.1, 0.15) is 6.61 Å². The van der Waals surface area contributed by atoms with E-state index in [1.54, 1.807) is 6.08 Å². The van der Waals surface area contributed by atoms with Gasteiger partial charge in [-0.2, -0.15) is 0 Å². The van der Waals surface area contributed by atoms with Gasteiger partial charge in [0.15, 0.2) is 0 Å². The number of benzene rings is 1. The fourth-order valence-electron chi connectivity index (χ4n) is 3.09. The van der Waals surface area contributed by atoms with Gasteiger partial charge in [-0.15, -0.1) is 0 Å². The number of nitrogens with zero attached hydrogens (tertiary/aromatic N) is 1. The Labute approximate surface area is 146 Å². The predicted molar refractivity (Wildman–Crippen MR) is 97.8 cm³/mol. The van der Waals surface area contributed by atoms with Crippen LogP contribution in [-0.2, 0) is 11.2 Å². The average molecular weight is 332 g/mol. The van der Waals surface area contributed by atoms with Crippen LogP contribution < -0.4 is 0 Å². The van der Waals surface area contributed by atoms with E-state index in [-0.39, 0.29) is 12.6 Å². The maximum atomic E-state index is 12.5. The van der Waals surface area contributed by atoms with Crippen LogP contribution in [0.4, 0.5) is 0 Å². The second-order valence-corrected chi connectivity index (χ2v) is 6.50. The molecule has 1 aliphatic carbocycles. The normalized spacial score (nSPS) is 13.8. The molecule has 0 saturated heterocycles. The standard InChI is InChI=1S/C21H20N2O2/c1-2-9-25-21(24)18-12-17(15-4-5-15)13-23-20(18)11-14-3-6-19-16(10-14)7-8-22-19/h2-3,6-8,10,12-13,15,22H,1,4-5,9,11H2. The molecule has 1 aliphatic rings. The topological polar surface area (TPSA) is 55.0 Å². The molecule has 4 rings (SSSR count). The first-order valence-corrected chi connectivity index (χ1v) is 8.57. The van der Waals surface area contributed by atoms with Crippen molar-refractivity contribution in [3.8, 4) is 0 Å². The maximum absolute atomic E-state index is 12.5. The third kappa shape index (κ3) is 3.33. The van der Waals surface area contributed by atoms with Crippen molar-refractivity contribution in [1.82, 2.24) is 9.97 Å². The maximum Gasteiger partial charge on any atom is 0.340 e. The van der Waals surface area contributed by atoms with Gasteiger partial charge in [0.2, 0.25) is 0 Å². The molecule has 4 heteroatoms. The number of hydrogen-bond donors (Lipinski definition) is 1. The summed E-state index contributed by atoms with van der Waals surface area (Å²) in [6.07, 6.45) is 8.36. The van der Waals surface area contributed by atoms with Crippen LogP contribution in [0.5, 0.6) is 0 Å². The fourth-order valence-corrected chi connectivity index (χ4v) is 3.09. The van der Waals surface area contributed by atoms with Gasteiger partial charge in [0, 0.05) is 24.3 Å². The zero-order chi connectivity index (χ0) is 17.2. The Bertz CT molecular complexity index is 938. The Hall–Kier alpha value is -2.88. The van der Waals surface area contributed by atoms with Crippen molar-refractivity contribution in [3.63, 3.8) is 0 Å². The summed E-state index contributed by atoms with van der Waals surface area (Å²) in [7, 11) is 0. The van der Waals surface area contributed by atoms with Gasteiger partial charge in [-0.25, -0.2) is 4.79 Å². The third-order valence-corrected chi connectivity index (χ3v) is 4.58. The van der Waals surface area contributed by atoms with Gasteiger partial charge in [0.05, 0.1) is 11.3 Å². The summed E-state index contributed by atoms with van der Waals surface area (Å²) in [6.45, 7) is 3.81. The molecule has 1 N–H and O–H groups in total. The number of carbonyl (C=O) groups excluding carboxylic acids is 1. The van der Waals surface area contributed by atoms with Gasteiger partial charge in [-0.05, 0) is 59.5 Å². The lowest BCUT2D eigenvalue weighted by molar-refractivity contribution is 0.0548. The molecular weight excluding hydrogens is 312 g/mol. The number of esters is 1. The second-order valence-electron chi connectivity index (χ2n) is 6.50. The molecule has 25 heavy (non-hydrogen) atoms. The summed E-state index contributed by atoms with van der Waals surface area (Å²) in [5.74, 6) is 0.219. The molecular formula is C21H20N2O2. The second kappa shape index (κ2) is 6.55. The molecule has 1 saturated carbocycles. The smallest absolute Gasteiger partial charge is 0.340 e. The van der Waals surface area contributed by atoms with Crippen LogP contribution in [0.15, 0.2) is 55.4 Å². The molecule has 3 aromatic rings. The van der Waals surface area contributed by atoms with E-state index in [0.717, 1.165) is 27.7 Å². The number of carbonyl (C=O) groups is 1. The molecule has 2 aromatic heterocycles. The number of fused-ring (bicyclic) bond motifs is 1. The molecule has 0 radical (unpaired) electrons. The van der Waals surface area contributed by atoms with E-state index in [1.807, 2.05) is 24.5 Å². The van der Waals surface area contributed by atoms with E-state index in [0.29, 0.717) is 17.9 Å². The molecule has 0 aliphatic heterocycles. The molecule has 0 bridgehead atoms. The van der Waals surface area contributed by atoms with E-state index < -0.39 is 0 Å². The highest BCUT2D eigenvalue weighted by Crippen LogP contribution is 2.40. The third-order valence-electron chi connectivity index (χ3n) is 4.58. The molecule has 1 fully saturated rings. The number of ether oxygens (including phenoxy) is 1. The SMILES string of the molecule is C=CCOC(=O)c1cc(C2CC2)cnc1Cc1ccc2[nH]ccc2c1. The minimum absolute atomic E-state index is 0.210. The van der Waals surface area contributed by atoms with Gasteiger partial charge >= 0.3 is 5.97 Å². The van der Waals surface area contributed by atoms with Crippen LogP contribution in [0.25, 0.3) is 10.9 Å². The average Bonchev–Trinajstić information content (AvgIpc) is 3.38. The Morgan fingerprint density at radius 1 is 1.32 bits per heavy atom. The highest BCUT2D eigenvalue weighted by atomic mass is 16.5. The number of aromatic nitrogens is 2. The summed E-state index contributed by atoms with van der Waals surface area (Å²) >= 11 is 0. The first-order chi connectivity index (χ1) is 12.2. The van der Waals surface area contributed by atoms with Crippen LogP contribution in [0.2, 0.25) is 0 Å². The molecule has 0 unspecified atom stereocenters. The van der Waals surface area contributed by atoms with Crippen molar-refractivity contribution >= 4 is 16.9 Å². The summed E-state index contributed by atoms with van der Waals surface area (Å²) in [5.41, 5.74) is 4.69. The van der Waals surface area contributed by atoms with E-state index in [1.165, 1.54) is 12.8 Å². The summed E-state index contributed by atoms with van der Waals surface area (Å²) < 4.78 is 5.27. The molecule has 4 nitrogen and oxygen atoms in total. The monoisotopic (exact) mass is 332 g/mol. The number of H-pyrrole nitrogens is 1. The molecule has 0 atom stereocenters. The van der Waals surface area contributed by atoms with E-state index in [4.69, 9.17) is 4.74 Å². The Morgan fingerprint density at radius 2 is 2.20 bits per heavy atom. The molecule has 126 valence electrons. The van der Waals surface area contributed by atoms with Gasteiger partial charge in [-0.3, -0.25) is 4.98 Å². The fraction of sp³-hybridized carbons (Fsp3) is 0.238. The van der Waals surface area contributed by atoms with Crippen LogP contribution in [-0.4, -0.2) is 22.5 Å². The van der Waals surface area contributed by atoms with Gasteiger partial charge in [-0.1, -0.05) is 18.7 Å². The van der Waals surface area contributed by atoms with Crippen molar-refractivity contribution in [2.24, 2.45) is 0 Å². The number of rotatable bonds is 6. The molecule has 2 heterocycles. The van der Waals surface area contributed by atoms with Gasteiger partial charge in [0.25, 0.3) is 0 Å². The van der Waals surface area contributed by atoms with Crippen molar-refractivity contribution in [2.75, 3.05) is 6.61 Å². The van der Waals surface area contributed by atoms with Crippen LogP contribution in [0.1, 0.15) is 45.9 Å². The first kappa shape index (κ1) is 15.6. The van der Waals surface area contributed by atoms with Crippen molar-refractivity contribution in [2.45, 2.75) is 25.2 Å². The summed E-state index contributed by atoms with van der Waals surface area (Å²) in [6, 6.07) is 10.2. The lowest BCUT2D eigenvalue weighted by Gasteiger charge is -2.10. The van der Waals surface area contributed by atoms with E-state index in [9.17, 15) is 4.79 Å². The number of pyridine rings is 1. The van der Waals surface area contributed by atoms with Crippen LogP contribution in [0.3, 0.4) is 0 Å². The minimum atomic E-state index is -0.326. The Balaban J connectivity index is 1.66. The first-order valence-electron chi connectivity index (χ1n) is 8.57. The lowest BCUT2D eigenvalue weighted by Crippen LogP contribution is -2.11.